The summed E-state index contributed by atoms with van der Waals surface area (Å²) in [5, 5.41) is 17.6. The van der Waals surface area contributed by atoms with Crippen LogP contribution >= 0.6 is 23.2 Å². The van der Waals surface area contributed by atoms with Gasteiger partial charge in [-0.25, -0.2) is 5.43 Å². The number of carbonyl (C=O) groups excluding carboxylic acids is 2. The number of hydrogen-bond acceptors (Lipinski definition) is 4. The van der Waals surface area contributed by atoms with E-state index in [1.807, 2.05) is 0 Å². The Morgan fingerprint density at radius 3 is 2.28 bits per heavy atom. The Bertz CT molecular complexity index is 1190. The minimum absolute atomic E-state index is 0.0203. The summed E-state index contributed by atoms with van der Waals surface area (Å²) in [6.45, 7) is 1.61. The Balaban J connectivity index is 1.86. The maximum absolute atomic E-state index is 12.9. The average molecular weight is 468 g/mol. The second-order valence-electron chi connectivity index (χ2n) is 6.73. The molecule has 3 aromatic carbocycles. The van der Waals surface area contributed by atoms with Crippen molar-refractivity contribution in [3.63, 3.8) is 0 Å². The van der Waals surface area contributed by atoms with Gasteiger partial charge in [0.25, 0.3) is 11.8 Å². The predicted molar refractivity (Wildman–Crippen MR) is 127 cm³/mol. The molecule has 32 heavy (non-hydrogen) atoms. The largest absolute Gasteiger partial charge is 0.507 e. The number of carbonyl (C=O) groups is 2. The van der Waals surface area contributed by atoms with Gasteiger partial charge >= 0.3 is 0 Å². The Hall–Kier alpha value is -3.61. The molecule has 0 heterocycles. The van der Waals surface area contributed by atoms with Crippen LogP contribution in [0.5, 0.6) is 5.75 Å². The molecule has 0 fully saturated rings. The third-order valence-electron chi connectivity index (χ3n) is 4.38. The van der Waals surface area contributed by atoms with E-state index in [1.54, 1.807) is 67.6 Å². The van der Waals surface area contributed by atoms with Crippen LogP contribution in [0.3, 0.4) is 0 Å². The van der Waals surface area contributed by atoms with Crippen LogP contribution in [0, 0.1) is 0 Å². The molecule has 6 nitrogen and oxygen atoms in total. The van der Waals surface area contributed by atoms with Crippen molar-refractivity contribution in [1.82, 2.24) is 10.7 Å². The summed E-state index contributed by atoms with van der Waals surface area (Å²) in [6.07, 6.45) is 1.51. The molecule has 0 aliphatic heterocycles. The minimum Gasteiger partial charge on any atom is -0.507 e. The third-order valence-corrected chi connectivity index (χ3v) is 4.87. The van der Waals surface area contributed by atoms with Gasteiger partial charge < -0.3 is 10.4 Å². The number of halogens is 2. The van der Waals surface area contributed by atoms with Gasteiger partial charge in [0, 0.05) is 21.2 Å². The summed E-state index contributed by atoms with van der Waals surface area (Å²) in [6, 6.07) is 19.8. The summed E-state index contributed by atoms with van der Waals surface area (Å²) in [5.41, 5.74) is 4.13. The van der Waals surface area contributed by atoms with Crippen molar-refractivity contribution < 1.29 is 14.7 Å². The fraction of sp³-hybridized carbons (Fsp3) is 0.0417. The highest BCUT2D eigenvalue weighted by Crippen LogP contribution is 2.22. The van der Waals surface area contributed by atoms with E-state index in [2.05, 4.69) is 15.8 Å². The van der Waals surface area contributed by atoms with Crippen LogP contribution in [0.2, 0.25) is 10.0 Å². The van der Waals surface area contributed by atoms with Crippen molar-refractivity contribution in [2.75, 3.05) is 0 Å². The standard InChI is InChI=1S/C24H19Cl2N3O3/c1-15(20-14-19(26)11-12-22(20)30)28-29-24(32)21(13-16-7-9-18(25)10-8-16)27-23(31)17-5-3-2-4-6-17/h2-14,30H,1H3,(H,27,31)(H,29,32)/b21-13-,28-15-. The lowest BCUT2D eigenvalue weighted by atomic mass is 10.1. The summed E-state index contributed by atoms with van der Waals surface area (Å²) < 4.78 is 0. The van der Waals surface area contributed by atoms with E-state index >= 15 is 0 Å². The van der Waals surface area contributed by atoms with E-state index in [0.29, 0.717) is 32.4 Å². The number of nitrogens with one attached hydrogen (secondary N) is 2. The lowest BCUT2D eigenvalue weighted by Gasteiger charge is -2.10. The maximum Gasteiger partial charge on any atom is 0.287 e. The molecule has 0 aromatic heterocycles. The van der Waals surface area contributed by atoms with Crippen LogP contribution < -0.4 is 10.7 Å². The molecule has 2 amide bonds. The fourth-order valence-corrected chi connectivity index (χ4v) is 3.02. The van der Waals surface area contributed by atoms with Gasteiger partial charge in [-0.1, -0.05) is 53.5 Å². The van der Waals surface area contributed by atoms with Crippen molar-refractivity contribution >= 4 is 46.8 Å². The lowest BCUT2D eigenvalue weighted by molar-refractivity contribution is -0.117. The fourth-order valence-electron chi connectivity index (χ4n) is 2.72. The van der Waals surface area contributed by atoms with Crippen LogP contribution in [-0.2, 0) is 4.79 Å². The van der Waals surface area contributed by atoms with Gasteiger partial charge in [0.2, 0.25) is 0 Å². The average Bonchev–Trinajstić information content (AvgIpc) is 2.80. The summed E-state index contributed by atoms with van der Waals surface area (Å²) >= 11 is 11.9. The summed E-state index contributed by atoms with van der Waals surface area (Å²) in [5.74, 6) is -1.13. The monoisotopic (exact) mass is 467 g/mol. The second-order valence-corrected chi connectivity index (χ2v) is 7.60. The van der Waals surface area contributed by atoms with Crippen LogP contribution in [0.15, 0.2) is 83.6 Å². The molecule has 0 saturated carbocycles. The van der Waals surface area contributed by atoms with Gasteiger partial charge in [-0.2, -0.15) is 5.10 Å². The van der Waals surface area contributed by atoms with E-state index in [9.17, 15) is 14.7 Å². The van der Waals surface area contributed by atoms with Crippen LogP contribution in [0.25, 0.3) is 6.08 Å². The molecule has 0 bridgehead atoms. The topological polar surface area (TPSA) is 90.8 Å². The number of hydrazone groups is 1. The van der Waals surface area contributed by atoms with Crippen molar-refractivity contribution in [2.45, 2.75) is 6.92 Å². The van der Waals surface area contributed by atoms with E-state index in [0.717, 1.165) is 0 Å². The number of aromatic hydroxyl groups is 1. The zero-order chi connectivity index (χ0) is 23.1. The van der Waals surface area contributed by atoms with E-state index in [1.165, 1.54) is 18.2 Å². The molecule has 0 saturated heterocycles. The molecule has 3 rings (SSSR count). The highest BCUT2D eigenvalue weighted by atomic mass is 35.5. The number of phenolic OH excluding ortho intramolecular Hbond substituents is 1. The molecule has 0 atom stereocenters. The first kappa shape index (κ1) is 23.1. The van der Waals surface area contributed by atoms with E-state index < -0.39 is 11.8 Å². The highest BCUT2D eigenvalue weighted by molar-refractivity contribution is 6.31. The molecule has 0 unspecified atom stereocenters. The first-order chi connectivity index (χ1) is 15.3. The number of benzene rings is 3. The maximum atomic E-state index is 12.9. The zero-order valence-corrected chi connectivity index (χ0v) is 18.5. The van der Waals surface area contributed by atoms with Crippen molar-refractivity contribution in [3.05, 3.63) is 105 Å². The molecule has 162 valence electrons. The SMILES string of the molecule is C/C(=N/NC(=O)/C(=C/c1ccc(Cl)cc1)NC(=O)c1ccccc1)c1cc(Cl)ccc1O. The Kier molecular flexibility index (Phi) is 7.65. The molecule has 8 heteroatoms. The smallest absolute Gasteiger partial charge is 0.287 e. The Morgan fingerprint density at radius 1 is 0.938 bits per heavy atom. The second kappa shape index (κ2) is 10.6. The Labute approximate surface area is 195 Å². The molecule has 0 radical (unpaired) electrons. The molecule has 0 spiro atoms. The van der Waals surface area contributed by atoms with Crippen molar-refractivity contribution in [2.24, 2.45) is 5.10 Å². The number of rotatable bonds is 6. The molecule has 0 aliphatic rings. The predicted octanol–water partition coefficient (Wildman–Crippen LogP) is 5.01. The first-order valence-corrected chi connectivity index (χ1v) is 10.3. The molecule has 3 aromatic rings. The van der Waals surface area contributed by atoms with Gasteiger partial charge in [-0.15, -0.1) is 0 Å². The highest BCUT2D eigenvalue weighted by Gasteiger charge is 2.15. The van der Waals surface area contributed by atoms with E-state index in [-0.39, 0.29) is 11.4 Å². The van der Waals surface area contributed by atoms with Gasteiger partial charge in [-0.05, 0) is 61.0 Å². The molecule has 0 aliphatic carbocycles. The first-order valence-electron chi connectivity index (χ1n) is 9.50. The number of nitrogens with zero attached hydrogens (tertiary/aromatic N) is 1. The lowest BCUT2D eigenvalue weighted by Crippen LogP contribution is -2.33. The summed E-state index contributed by atoms with van der Waals surface area (Å²) in [7, 11) is 0. The molecule has 3 N–H and O–H groups in total. The number of amides is 2. The van der Waals surface area contributed by atoms with Crippen molar-refractivity contribution in [3.8, 4) is 5.75 Å². The normalized spacial score (nSPS) is 11.7. The zero-order valence-electron chi connectivity index (χ0n) is 17.0. The third kappa shape index (κ3) is 6.20. The van der Waals surface area contributed by atoms with Crippen LogP contribution in [0.4, 0.5) is 0 Å². The molecular weight excluding hydrogens is 449 g/mol. The van der Waals surface area contributed by atoms with Gasteiger partial charge in [0.1, 0.15) is 11.4 Å². The van der Waals surface area contributed by atoms with E-state index in [4.69, 9.17) is 23.2 Å². The number of hydrogen-bond donors (Lipinski definition) is 3. The van der Waals surface area contributed by atoms with Gasteiger partial charge in [0.05, 0.1) is 5.71 Å². The van der Waals surface area contributed by atoms with Crippen LogP contribution in [-0.4, -0.2) is 22.6 Å². The van der Waals surface area contributed by atoms with Gasteiger partial charge in [0.15, 0.2) is 0 Å². The summed E-state index contributed by atoms with van der Waals surface area (Å²) in [4.78, 5) is 25.5. The van der Waals surface area contributed by atoms with Crippen molar-refractivity contribution in [1.29, 1.82) is 0 Å². The Morgan fingerprint density at radius 2 is 1.59 bits per heavy atom. The minimum atomic E-state index is -0.648. The number of phenols is 1. The van der Waals surface area contributed by atoms with Gasteiger partial charge in [-0.3, -0.25) is 9.59 Å². The molecular formula is C24H19Cl2N3O3. The quantitative estimate of drug-likeness (QED) is 0.270. The van der Waals surface area contributed by atoms with Crippen LogP contribution in [0.1, 0.15) is 28.4 Å².